The number of hydrogen-bond donors (Lipinski definition) is 2. The molecule has 90 valence electrons. The molecular formula is C14H24N2. The Labute approximate surface area is 99.2 Å². The summed E-state index contributed by atoms with van der Waals surface area (Å²) in [5, 5.41) is 3.55. The van der Waals surface area contributed by atoms with E-state index in [2.05, 4.69) is 44.3 Å². The Morgan fingerprint density at radius 2 is 1.75 bits per heavy atom. The van der Waals surface area contributed by atoms with Crippen molar-refractivity contribution in [3.8, 4) is 0 Å². The van der Waals surface area contributed by atoms with Crippen LogP contribution in [0.4, 0.5) is 0 Å². The predicted octanol–water partition coefficient (Wildman–Crippen LogP) is 2.67. The van der Waals surface area contributed by atoms with Crippen molar-refractivity contribution in [3.05, 3.63) is 35.4 Å². The molecule has 0 saturated heterocycles. The maximum atomic E-state index is 5.71. The zero-order valence-corrected chi connectivity index (χ0v) is 10.7. The summed E-state index contributed by atoms with van der Waals surface area (Å²) >= 11 is 0. The molecule has 2 heteroatoms. The molecule has 2 nitrogen and oxygen atoms in total. The van der Waals surface area contributed by atoms with Crippen LogP contribution in [-0.2, 0) is 13.1 Å². The van der Waals surface area contributed by atoms with Crippen LogP contribution in [0.5, 0.6) is 0 Å². The van der Waals surface area contributed by atoms with Gasteiger partial charge < -0.3 is 11.1 Å². The second-order valence-electron chi connectivity index (χ2n) is 4.88. The van der Waals surface area contributed by atoms with Crippen molar-refractivity contribution in [3.63, 3.8) is 0 Å². The van der Waals surface area contributed by atoms with Crippen LogP contribution in [0, 0.1) is 5.92 Å². The summed E-state index contributed by atoms with van der Waals surface area (Å²) in [4.78, 5) is 0. The Morgan fingerprint density at radius 1 is 1.12 bits per heavy atom. The number of nitrogens with two attached hydrogens (primary N) is 1. The quantitative estimate of drug-likeness (QED) is 0.773. The SMILES string of the molecule is CC(C)CC(C)NCc1ccccc1CN. The van der Waals surface area contributed by atoms with E-state index in [4.69, 9.17) is 5.73 Å². The van der Waals surface area contributed by atoms with Gasteiger partial charge in [0.1, 0.15) is 0 Å². The fraction of sp³-hybridized carbons (Fsp3) is 0.571. The third kappa shape index (κ3) is 4.33. The van der Waals surface area contributed by atoms with Crippen LogP contribution in [0.25, 0.3) is 0 Å². The van der Waals surface area contributed by atoms with Gasteiger partial charge in [0, 0.05) is 19.1 Å². The van der Waals surface area contributed by atoms with E-state index in [-0.39, 0.29) is 0 Å². The van der Waals surface area contributed by atoms with E-state index in [1.807, 2.05) is 6.07 Å². The molecule has 3 N–H and O–H groups in total. The zero-order chi connectivity index (χ0) is 12.0. The minimum absolute atomic E-state index is 0.561. The summed E-state index contributed by atoms with van der Waals surface area (Å²) in [5.74, 6) is 0.743. The molecule has 1 rings (SSSR count). The van der Waals surface area contributed by atoms with Crippen molar-refractivity contribution in [1.29, 1.82) is 0 Å². The van der Waals surface area contributed by atoms with Crippen LogP contribution in [0.3, 0.4) is 0 Å². The molecule has 0 aliphatic carbocycles. The first-order chi connectivity index (χ1) is 7.63. The Hall–Kier alpha value is -0.860. The standard InChI is InChI=1S/C14H24N2/c1-11(2)8-12(3)16-10-14-7-5-4-6-13(14)9-15/h4-7,11-12,16H,8-10,15H2,1-3H3. The third-order valence-electron chi connectivity index (χ3n) is 2.80. The number of hydrogen-bond acceptors (Lipinski definition) is 2. The first kappa shape index (κ1) is 13.2. The summed E-state index contributed by atoms with van der Waals surface area (Å²) in [6.45, 7) is 8.29. The highest BCUT2D eigenvalue weighted by atomic mass is 14.9. The average molecular weight is 220 g/mol. The molecule has 0 aromatic heterocycles. The van der Waals surface area contributed by atoms with Gasteiger partial charge in [0.2, 0.25) is 0 Å². The molecule has 0 heterocycles. The molecule has 0 fully saturated rings. The summed E-state index contributed by atoms with van der Waals surface area (Å²) < 4.78 is 0. The Morgan fingerprint density at radius 3 is 2.31 bits per heavy atom. The van der Waals surface area contributed by atoms with Gasteiger partial charge in [-0.3, -0.25) is 0 Å². The minimum atomic E-state index is 0.561. The van der Waals surface area contributed by atoms with Crippen molar-refractivity contribution >= 4 is 0 Å². The molecule has 1 unspecified atom stereocenters. The lowest BCUT2D eigenvalue weighted by atomic mass is 10.0. The fourth-order valence-corrected chi connectivity index (χ4v) is 2.00. The van der Waals surface area contributed by atoms with Gasteiger partial charge in [-0.25, -0.2) is 0 Å². The highest BCUT2D eigenvalue weighted by molar-refractivity contribution is 5.26. The van der Waals surface area contributed by atoms with Crippen LogP contribution in [-0.4, -0.2) is 6.04 Å². The molecule has 0 spiro atoms. The van der Waals surface area contributed by atoms with Crippen LogP contribution >= 0.6 is 0 Å². The van der Waals surface area contributed by atoms with Crippen molar-refractivity contribution in [2.75, 3.05) is 0 Å². The maximum absolute atomic E-state index is 5.71. The fourth-order valence-electron chi connectivity index (χ4n) is 2.00. The summed E-state index contributed by atoms with van der Waals surface area (Å²) in [7, 11) is 0. The van der Waals surface area contributed by atoms with E-state index in [0.29, 0.717) is 12.6 Å². The number of rotatable bonds is 6. The second kappa shape index (κ2) is 6.66. The van der Waals surface area contributed by atoms with E-state index < -0.39 is 0 Å². The Kier molecular flexibility index (Phi) is 5.50. The third-order valence-corrected chi connectivity index (χ3v) is 2.80. The molecule has 1 aromatic carbocycles. The smallest absolute Gasteiger partial charge is 0.0211 e. The maximum Gasteiger partial charge on any atom is 0.0211 e. The van der Waals surface area contributed by atoms with Gasteiger partial charge >= 0.3 is 0 Å². The van der Waals surface area contributed by atoms with E-state index in [1.165, 1.54) is 17.5 Å². The Balaban J connectivity index is 2.47. The largest absolute Gasteiger partial charge is 0.326 e. The van der Waals surface area contributed by atoms with Gasteiger partial charge in [0.05, 0.1) is 0 Å². The molecule has 0 aliphatic rings. The molecular weight excluding hydrogens is 196 g/mol. The molecule has 0 aliphatic heterocycles. The van der Waals surface area contributed by atoms with Crippen LogP contribution in [0.1, 0.15) is 38.3 Å². The molecule has 0 saturated carbocycles. The number of benzene rings is 1. The minimum Gasteiger partial charge on any atom is -0.326 e. The summed E-state index contributed by atoms with van der Waals surface area (Å²) in [6, 6.07) is 8.93. The van der Waals surface area contributed by atoms with Gasteiger partial charge in [-0.2, -0.15) is 0 Å². The van der Waals surface area contributed by atoms with Crippen LogP contribution < -0.4 is 11.1 Å². The molecule has 0 amide bonds. The van der Waals surface area contributed by atoms with Gasteiger partial charge in [0.15, 0.2) is 0 Å². The van der Waals surface area contributed by atoms with Crippen LogP contribution in [0.2, 0.25) is 0 Å². The van der Waals surface area contributed by atoms with E-state index >= 15 is 0 Å². The van der Waals surface area contributed by atoms with Gasteiger partial charge in [-0.05, 0) is 30.4 Å². The molecule has 1 atom stereocenters. The first-order valence-corrected chi connectivity index (χ1v) is 6.13. The molecule has 0 radical (unpaired) electrons. The van der Waals surface area contributed by atoms with Gasteiger partial charge in [0.25, 0.3) is 0 Å². The van der Waals surface area contributed by atoms with Crippen molar-refractivity contribution in [2.45, 2.75) is 46.3 Å². The predicted molar refractivity (Wildman–Crippen MR) is 70.1 cm³/mol. The zero-order valence-electron chi connectivity index (χ0n) is 10.7. The van der Waals surface area contributed by atoms with E-state index in [1.54, 1.807) is 0 Å². The first-order valence-electron chi connectivity index (χ1n) is 6.13. The summed E-state index contributed by atoms with van der Waals surface area (Å²) in [6.07, 6.45) is 1.21. The topological polar surface area (TPSA) is 38.0 Å². The normalized spacial score (nSPS) is 13.1. The average Bonchev–Trinajstić information content (AvgIpc) is 2.26. The lowest BCUT2D eigenvalue weighted by Crippen LogP contribution is -2.27. The highest BCUT2D eigenvalue weighted by Crippen LogP contribution is 2.09. The van der Waals surface area contributed by atoms with Crippen molar-refractivity contribution < 1.29 is 0 Å². The van der Waals surface area contributed by atoms with Gasteiger partial charge in [-0.1, -0.05) is 38.1 Å². The summed E-state index contributed by atoms with van der Waals surface area (Å²) in [5.41, 5.74) is 8.27. The van der Waals surface area contributed by atoms with Crippen molar-refractivity contribution in [1.82, 2.24) is 5.32 Å². The second-order valence-corrected chi connectivity index (χ2v) is 4.88. The molecule has 16 heavy (non-hydrogen) atoms. The van der Waals surface area contributed by atoms with Gasteiger partial charge in [-0.15, -0.1) is 0 Å². The van der Waals surface area contributed by atoms with E-state index in [0.717, 1.165) is 12.5 Å². The van der Waals surface area contributed by atoms with Crippen molar-refractivity contribution in [2.24, 2.45) is 11.7 Å². The monoisotopic (exact) mass is 220 g/mol. The lowest BCUT2D eigenvalue weighted by Gasteiger charge is -2.17. The lowest BCUT2D eigenvalue weighted by molar-refractivity contribution is 0.441. The number of nitrogens with one attached hydrogen (secondary N) is 1. The Bertz CT molecular complexity index is 307. The molecule has 1 aromatic rings. The van der Waals surface area contributed by atoms with Crippen LogP contribution in [0.15, 0.2) is 24.3 Å². The molecule has 0 bridgehead atoms. The van der Waals surface area contributed by atoms with E-state index in [9.17, 15) is 0 Å². The highest BCUT2D eigenvalue weighted by Gasteiger charge is 2.05.